The fourth-order valence-electron chi connectivity index (χ4n) is 2.31. The van der Waals surface area contributed by atoms with Gasteiger partial charge in [0.25, 0.3) is 0 Å². The Hall–Kier alpha value is 0.250. The Balaban J connectivity index is 0.000001000. The second-order valence-corrected chi connectivity index (χ2v) is 5.14. The van der Waals surface area contributed by atoms with Crippen molar-refractivity contribution in [1.82, 2.24) is 0 Å². The number of hydrogen-bond donors (Lipinski definition) is 1. The first-order valence-corrected chi connectivity index (χ1v) is 4.09. The fraction of sp³-hybridized carbons (Fsp3) is 1.00. The Bertz CT molecular complexity index is 140. The van der Waals surface area contributed by atoms with Crippen LogP contribution in [0.15, 0.2) is 0 Å². The van der Waals surface area contributed by atoms with E-state index in [9.17, 15) is 0 Å². The molecule has 0 aromatic heterocycles. The highest BCUT2D eigenvalue weighted by Gasteiger charge is 2.42. The van der Waals surface area contributed by atoms with E-state index >= 15 is 0 Å². The van der Waals surface area contributed by atoms with Crippen molar-refractivity contribution in [3.8, 4) is 0 Å². The Morgan fingerprint density at radius 2 is 1.64 bits per heavy atom. The van der Waals surface area contributed by atoms with Crippen molar-refractivity contribution in [3.05, 3.63) is 0 Å². The van der Waals surface area contributed by atoms with Crippen LogP contribution in [0.4, 0.5) is 0 Å². The Kier molecular flexibility index (Phi) is 3.01. The van der Waals surface area contributed by atoms with E-state index in [0.717, 1.165) is 0 Å². The molecule has 0 aliphatic heterocycles. The van der Waals surface area contributed by atoms with Crippen LogP contribution in [-0.2, 0) is 0 Å². The molecule has 0 aromatic carbocycles. The molecule has 0 radical (unpaired) electrons. The third-order valence-electron chi connectivity index (χ3n) is 2.71. The van der Waals surface area contributed by atoms with Crippen LogP contribution in [0.3, 0.4) is 0 Å². The molecule has 0 heterocycles. The van der Waals surface area contributed by atoms with Gasteiger partial charge in [0.05, 0.1) is 0 Å². The topological polar surface area (TPSA) is 26.0 Å². The lowest BCUT2D eigenvalue weighted by atomic mass is 9.84. The summed E-state index contributed by atoms with van der Waals surface area (Å²) in [4.78, 5) is 0. The summed E-state index contributed by atoms with van der Waals surface area (Å²) in [5.74, 6) is 0. The zero-order chi connectivity index (χ0) is 7.99. The second-order valence-electron chi connectivity index (χ2n) is 5.14. The van der Waals surface area contributed by atoms with Crippen LogP contribution < -0.4 is 5.73 Å². The van der Waals surface area contributed by atoms with Crippen LogP contribution in [0.2, 0.25) is 0 Å². The predicted molar refractivity (Wildman–Crippen MR) is 52.0 cm³/mol. The van der Waals surface area contributed by atoms with Crippen molar-refractivity contribution in [1.29, 1.82) is 0 Å². The molecule has 1 atom stereocenters. The van der Waals surface area contributed by atoms with Crippen LogP contribution in [0, 0.1) is 10.8 Å². The van der Waals surface area contributed by atoms with Crippen LogP contribution >= 0.6 is 12.4 Å². The summed E-state index contributed by atoms with van der Waals surface area (Å²) in [6.45, 7) is 9.15. The maximum atomic E-state index is 5.99. The highest BCUT2D eigenvalue weighted by atomic mass is 35.5. The lowest BCUT2D eigenvalue weighted by molar-refractivity contribution is 0.293. The van der Waals surface area contributed by atoms with Gasteiger partial charge in [-0.15, -0.1) is 12.4 Å². The van der Waals surface area contributed by atoms with Crippen molar-refractivity contribution in [2.45, 2.75) is 46.6 Å². The Morgan fingerprint density at radius 3 is 1.73 bits per heavy atom. The summed E-state index contributed by atoms with van der Waals surface area (Å²) in [7, 11) is 0. The second kappa shape index (κ2) is 2.95. The van der Waals surface area contributed by atoms with E-state index in [4.69, 9.17) is 5.73 Å². The molecule has 68 valence electrons. The third-order valence-corrected chi connectivity index (χ3v) is 2.71. The van der Waals surface area contributed by atoms with Crippen LogP contribution in [0.5, 0.6) is 0 Å². The van der Waals surface area contributed by atoms with E-state index < -0.39 is 0 Å². The molecule has 0 bridgehead atoms. The minimum Gasteiger partial charge on any atom is -0.327 e. The highest BCUT2D eigenvalue weighted by molar-refractivity contribution is 5.85. The minimum absolute atomic E-state index is 0. The first-order chi connectivity index (χ1) is 4.33. The van der Waals surface area contributed by atoms with Gasteiger partial charge >= 0.3 is 0 Å². The average molecular weight is 178 g/mol. The van der Waals surface area contributed by atoms with Gasteiger partial charge in [0, 0.05) is 6.04 Å². The summed E-state index contributed by atoms with van der Waals surface area (Å²) in [5, 5.41) is 0. The molecular weight excluding hydrogens is 158 g/mol. The van der Waals surface area contributed by atoms with E-state index in [1.54, 1.807) is 0 Å². The monoisotopic (exact) mass is 177 g/mol. The first kappa shape index (κ1) is 11.2. The van der Waals surface area contributed by atoms with Gasteiger partial charge in [-0.2, -0.15) is 0 Å². The van der Waals surface area contributed by atoms with Gasteiger partial charge in [-0.3, -0.25) is 0 Å². The lowest BCUT2D eigenvalue weighted by Crippen LogP contribution is -2.31. The molecule has 0 aromatic rings. The van der Waals surface area contributed by atoms with E-state index in [2.05, 4.69) is 27.7 Å². The number of halogens is 1. The molecule has 1 unspecified atom stereocenters. The van der Waals surface area contributed by atoms with Crippen LogP contribution in [0.1, 0.15) is 40.5 Å². The van der Waals surface area contributed by atoms with E-state index in [0.29, 0.717) is 16.9 Å². The molecule has 1 aliphatic carbocycles. The zero-order valence-electron chi connectivity index (χ0n) is 7.98. The molecule has 1 rings (SSSR count). The van der Waals surface area contributed by atoms with E-state index in [-0.39, 0.29) is 12.4 Å². The van der Waals surface area contributed by atoms with Crippen molar-refractivity contribution in [2.75, 3.05) is 0 Å². The smallest absolute Gasteiger partial charge is 0.00955 e. The maximum Gasteiger partial charge on any atom is 0.00955 e. The molecule has 11 heavy (non-hydrogen) atoms. The number of hydrogen-bond acceptors (Lipinski definition) is 1. The van der Waals surface area contributed by atoms with E-state index in [1.165, 1.54) is 12.8 Å². The molecule has 1 fully saturated rings. The van der Waals surface area contributed by atoms with Gasteiger partial charge in [-0.25, -0.2) is 0 Å². The summed E-state index contributed by atoms with van der Waals surface area (Å²) < 4.78 is 0. The lowest BCUT2D eigenvalue weighted by Gasteiger charge is -2.23. The van der Waals surface area contributed by atoms with Crippen LogP contribution in [0.25, 0.3) is 0 Å². The molecular formula is C9H20ClN. The van der Waals surface area contributed by atoms with Gasteiger partial charge in [-0.05, 0) is 23.7 Å². The summed E-state index contributed by atoms with van der Waals surface area (Å²) in [6, 6.07) is 0.405. The van der Waals surface area contributed by atoms with Gasteiger partial charge in [0.2, 0.25) is 0 Å². The first-order valence-electron chi connectivity index (χ1n) is 4.09. The molecule has 0 amide bonds. The molecule has 2 N–H and O–H groups in total. The highest BCUT2D eigenvalue weighted by Crippen LogP contribution is 2.47. The molecule has 1 saturated carbocycles. The summed E-state index contributed by atoms with van der Waals surface area (Å²) in [6.07, 6.45) is 2.45. The normalized spacial score (nSPS) is 33.0. The third kappa shape index (κ3) is 2.34. The molecule has 0 saturated heterocycles. The van der Waals surface area contributed by atoms with Crippen molar-refractivity contribution < 1.29 is 0 Å². The largest absolute Gasteiger partial charge is 0.327 e. The fourth-order valence-corrected chi connectivity index (χ4v) is 2.31. The SMILES string of the molecule is CC1(C)CC(N)C(C)(C)C1.Cl. The molecule has 1 nitrogen and oxygen atoms in total. The van der Waals surface area contributed by atoms with Gasteiger partial charge in [0.1, 0.15) is 0 Å². The van der Waals surface area contributed by atoms with Gasteiger partial charge in [0.15, 0.2) is 0 Å². The van der Waals surface area contributed by atoms with Gasteiger partial charge < -0.3 is 5.73 Å². The molecule has 1 aliphatic rings. The standard InChI is InChI=1S/C9H19N.ClH/c1-8(2)5-7(10)9(3,4)6-8;/h7H,5-6,10H2,1-4H3;1H. The van der Waals surface area contributed by atoms with E-state index in [1.807, 2.05) is 0 Å². The average Bonchev–Trinajstić information content (AvgIpc) is 1.73. The Labute approximate surface area is 76.1 Å². The number of nitrogens with two attached hydrogens (primary N) is 1. The molecule has 2 heteroatoms. The van der Waals surface area contributed by atoms with Crippen molar-refractivity contribution in [2.24, 2.45) is 16.6 Å². The Morgan fingerprint density at radius 1 is 1.18 bits per heavy atom. The predicted octanol–water partition coefficient (Wildman–Crippen LogP) is 2.58. The summed E-state index contributed by atoms with van der Waals surface area (Å²) >= 11 is 0. The van der Waals surface area contributed by atoms with Gasteiger partial charge in [-0.1, -0.05) is 27.7 Å². The number of rotatable bonds is 0. The zero-order valence-corrected chi connectivity index (χ0v) is 8.79. The van der Waals surface area contributed by atoms with Crippen molar-refractivity contribution in [3.63, 3.8) is 0 Å². The summed E-state index contributed by atoms with van der Waals surface area (Å²) in [5.41, 5.74) is 6.83. The van der Waals surface area contributed by atoms with Crippen LogP contribution in [-0.4, -0.2) is 6.04 Å². The molecule has 0 spiro atoms. The quantitative estimate of drug-likeness (QED) is 0.605. The minimum atomic E-state index is 0. The maximum absolute atomic E-state index is 5.99. The van der Waals surface area contributed by atoms with Crippen molar-refractivity contribution >= 4 is 12.4 Å².